The van der Waals surface area contributed by atoms with Crippen molar-refractivity contribution < 1.29 is 37.3 Å². The number of aromatic nitrogens is 1. The molecule has 0 bridgehead atoms. The highest BCUT2D eigenvalue weighted by Crippen LogP contribution is 2.45. The lowest BCUT2D eigenvalue weighted by Gasteiger charge is -2.28. The maximum absolute atomic E-state index is 12.5. The summed E-state index contributed by atoms with van der Waals surface area (Å²) in [5.41, 5.74) is 1.14. The van der Waals surface area contributed by atoms with Crippen molar-refractivity contribution in [3.05, 3.63) is 17.1 Å². The third-order valence-electron chi connectivity index (χ3n) is 8.76. The average Bonchev–Trinajstić information content (AvgIpc) is 3.74. The number of phosphoric acid groups is 1. The van der Waals surface area contributed by atoms with E-state index in [1.54, 1.807) is 11.3 Å². The first kappa shape index (κ1) is 40.1. The van der Waals surface area contributed by atoms with Gasteiger partial charge in [0.1, 0.15) is 12.2 Å². The van der Waals surface area contributed by atoms with Crippen molar-refractivity contribution in [1.82, 2.24) is 5.32 Å². The molecule has 1 saturated heterocycles. The fourth-order valence-corrected chi connectivity index (χ4v) is 7.39. The Kier molecular flexibility index (Phi) is 22.3. The fraction of sp³-hybridized carbons (Fsp3) is 0.882. The number of thiazole rings is 1. The van der Waals surface area contributed by atoms with Crippen molar-refractivity contribution in [1.29, 1.82) is 0 Å². The lowest BCUT2D eigenvalue weighted by molar-refractivity contribution is -0.719. The van der Waals surface area contributed by atoms with Gasteiger partial charge in [0.2, 0.25) is 5.51 Å². The maximum Gasteiger partial charge on any atom is 0.472 e. The first-order valence-corrected chi connectivity index (χ1v) is 20.4. The fourth-order valence-electron chi connectivity index (χ4n) is 5.89. The summed E-state index contributed by atoms with van der Waals surface area (Å²) in [6.45, 7) is 5.38. The number of ether oxygens (including phenoxy) is 2. The van der Waals surface area contributed by atoms with Crippen LogP contribution < -0.4 is 9.88 Å². The molecule has 262 valence electrons. The molecular weight excluding hydrogens is 611 g/mol. The lowest BCUT2D eigenvalue weighted by Crippen LogP contribution is -2.41. The smallest absolute Gasteiger partial charge is 0.446 e. The van der Waals surface area contributed by atoms with E-state index in [0.717, 1.165) is 32.1 Å². The number of carbonyl (C=O) groups is 1. The van der Waals surface area contributed by atoms with Crippen molar-refractivity contribution in [2.24, 2.45) is 0 Å². The van der Waals surface area contributed by atoms with Crippen LogP contribution in [-0.2, 0) is 23.1 Å². The molecule has 1 aliphatic rings. The number of nitrogens with one attached hydrogen (secondary N) is 1. The number of alkyl carbamates (subject to hydrolysis) is 1. The molecule has 0 aliphatic carbocycles. The SMILES string of the molecule is CCCCCCCCCCCCCCCCCCNC(=O)OCC1(COP(=O)(O)OCCCC(CC)[n+]2ccsc2)CCCO1. The highest BCUT2D eigenvalue weighted by atomic mass is 32.1. The van der Waals surface area contributed by atoms with Gasteiger partial charge in [-0.2, -0.15) is 4.57 Å². The van der Waals surface area contributed by atoms with Gasteiger partial charge in [-0.3, -0.25) is 9.05 Å². The molecule has 9 nitrogen and oxygen atoms in total. The van der Waals surface area contributed by atoms with Crippen LogP contribution in [0.15, 0.2) is 17.1 Å². The van der Waals surface area contributed by atoms with Gasteiger partial charge in [0, 0.05) is 26.0 Å². The Morgan fingerprint density at radius 3 is 2.09 bits per heavy atom. The predicted molar refractivity (Wildman–Crippen MR) is 182 cm³/mol. The average molecular weight is 676 g/mol. The Labute approximate surface area is 277 Å². The van der Waals surface area contributed by atoms with Crippen LogP contribution in [0.1, 0.15) is 155 Å². The Morgan fingerprint density at radius 2 is 1.56 bits per heavy atom. The van der Waals surface area contributed by atoms with Gasteiger partial charge in [0.05, 0.1) is 18.6 Å². The number of carbonyl (C=O) groups excluding carboxylic acids is 1. The summed E-state index contributed by atoms with van der Waals surface area (Å²) in [5, 5.41) is 4.85. The molecule has 45 heavy (non-hydrogen) atoms. The van der Waals surface area contributed by atoms with Crippen molar-refractivity contribution in [3.63, 3.8) is 0 Å². The van der Waals surface area contributed by atoms with E-state index in [2.05, 4.69) is 29.2 Å². The van der Waals surface area contributed by atoms with Gasteiger partial charge in [-0.1, -0.05) is 121 Å². The number of hydrogen-bond donors (Lipinski definition) is 2. The standard InChI is InChI=1S/C34H63N2O7PS/c1-3-5-6-7-8-9-10-11-12-13-14-15-16-17-18-19-24-35-33(37)40-29-34(23-21-26-41-34)30-43-44(38,39)42-27-20-22-32(4-2)36-25-28-45-31-36/h25,28,31-32H,3-24,26-27,29-30H2,1-2H3,(H-,35,37,38,39)/p+1. The number of unbranched alkanes of at least 4 members (excludes halogenated alkanes) is 15. The van der Waals surface area contributed by atoms with Crippen molar-refractivity contribution in [2.45, 2.75) is 160 Å². The number of amides is 1. The summed E-state index contributed by atoms with van der Waals surface area (Å²) < 4.78 is 36.4. The van der Waals surface area contributed by atoms with Crippen molar-refractivity contribution in [3.8, 4) is 0 Å². The topological polar surface area (TPSA) is 107 Å². The highest BCUT2D eigenvalue weighted by molar-refractivity contribution is 7.47. The van der Waals surface area contributed by atoms with Gasteiger partial charge in [0.25, 0.3) is 0 Å². The quantitative estimate of drug-likeness (QED) is 0.0495. The summed E-state index contributed by atoms with van der Waals surface area (Å²) >= 11 is 1.64. The molecule has 0 aromatic carbocycles. The minimum absolute atomic E-state index is 0.0339. The Balaban J connectivity index is 1.46. The minimum Gasteiger partial charge on any atom is -0.446 e. The van der Waals surface area contributed by atoms with Gasteiger partial charge in [-0.15, -0.1) is 0 Å². The molecule has 2 heterocycles. The second-order valence-corrected chi connectivity index (χ2v) is 14.9. The number of rotatable bonds is 29. The molecule has 2 N–H and O–H groups in total. The largest absolute Gasteiger partial charge is 0.472 e. The zero-order valence-electron chi connectivity index (χ0n) is 28.4. The van der Waals surface area contributed by atoms with Crippen LogP contribution in [0.3, 0.4) is 0 Å². The van der Waals surface area contributed by atoms with E-state index in [-0.39, 0.29) is 19.8 Å². The number of hydrogen-bond acceptors (Lipinski definition) is 7. The minimum atomic E-state index is -4.25. The first-order valence-electron chi connectivity index (χ1n) is 18.0. The first-order chi connectivity index (χ1) is 21.9. The van der Waals surface area contributed by atoms with Crippen molar-refractivity contribution in [2.75, 3.05) is 33.0 Å². The summed E-state index contributed by atoms with van der Waals surface area (Å²) in [7, 11) is -4.25. The third kappa shape index (κ3) is 19.4. The van der Waals surface area contributed by atoms with Gasteiger partial charge in [0.15, 0.2) is 12.2 Å². The molecule has 3 unspecified atom stereocenters. The summed E-state index contributed by atoms with van der Waals surface area (Å²) in [5.74, 6) is 0. The van der Waals surface area contributed by atoms with Crippen LogP contribution in [0.2, 0.25) is 0 Å². The summed E-state index contributed by atoms with van der Waals surface area (Å²) in [6, 6.07) is 0.335. The highest BCUT2D eigenvalue weighted by Gasteiger charge is 2.40. The van der Waals surface area contributed by atoms with E-state index >= 15 is 0 Å². The van der Waals surface area contributed by atoms with E-state index in [1.165, 1.54) is 89.9 Å². The second kappa shape index (κ2) is 25.0. The van der Waals surface area contributed by atoms with Crippen LogP contribution in [0.25, 0.3) is 0 Å². The molecule has 3 atom stereocenters. The second-order valence-electron chi connectivity index (χ2n) is 12.7. The summed E-state index contributed by atoms with van der Waals surface area (Å²) in [6.07, 6.45) is 26.4. The monoisotopic (exact) mass is 675 g/mol. The Hall–Kier alpha value is -1.03. The van der Waals surface area contributed by atoms with Crippen molar-refractivity contribution >= 4 is 25.3 Å². The molecule has 1 aromatic rings. The molecule has 1 aliphatic heterocycles. The molecule has 0 radical (unpaired) electrons. The number of phosphoric ester groups is 1. The van der Waals surface area contributed by atoms with E-state index in [1.807, 2.05) is 11.6 Å². The molecule has 1 amide bonds. The van der Waals surface area contributed by atoms with Crippen LogP contribution >= 0.6 is 19.2 Å². The molecular formula is C34H64N2O7PS+. The zero-order chi connectivity index (χ0) is 32.5. The molecule has 2 rings (SSSR count). The van der Waals surface area contributed by atoms with Crippen LogP contribution in [-0.4, -0.2) is 49.6 Å². The Bertz CT molecular complexity index is 899. The number of nitrogens with zero attached hydrogens (tertiary/aromatic N) is 1. The van der Waals surface area contributed by atoms with Crippen LogP contribution in [0.5, 0.6) is 0 Å². The zero-order valence-corrected chi connectivity index (χ0v) is 30.1. The van der Waals surface area contributed by atoms with Gasteiger partial charge in [-0.05, 0) is 25.7 Å². The van der Waals surface area contributed by atoms with Gasteiger partial charge < -0.3 is 19.7 Å². The molecule has 0 spiro atoms. The molecule has 11 heteroatoms. The third-order valence-corrected chi connectivity index (χ3v) is 10.4. The summed E-state index contributed by atoms with van der Waals surface area (Å²) in [4.78, 5) is 22.5. The van der Waals surface area contributed by atoms with E-state index in [4.69, 9.17) is 18.5 Å². The lowest BCUT2D eigenvalue weighted by atomic mass is 10.0. The van der Waals surface area contributed by atoms with Gasteiger partial charge >= 0.3 is 13.9 Å². The van der Waals surface area contributed by atoms with E-state index in [9.17, 15) is 14.3 Å². The van der Waals surface area contributed by atoms with E-state index in [0.29, 0.717) is 32.0 Å². The molecule has 1 aromatic heterocycles. The predicted octanol–water partition coefficient (Wildman–Crippen LogP) is 9.44. The molecule has 0 saturated carbocycles. The maximum atomic E-state index is 12.5. The Morgan fingerprint density at radius 1 is 0.933 bits per heavy atom. The van der Waals surface area contributed by atoms with Crippen LogP contribution in [0, 0.1) is 0 Å². The normalized spacial score (nSPS) is 18.6. The van der Waals surface area contributed by atoms with E-state index < -0.39 is 19.5 Å². The van der Waals surface area contributed by atoms with Gasteiger partial charge in [-0.25, -0.2) is 9.36 Å². The van der Waals surface area contributed by atoms with Crippen LogP contribution in [0.4, 0.5) is 4.79 Å². The molecule has 1 fully saturated rings.